The molecule has 1 aliphatic heterocycles. The fraction of sp³-hybridized carbons (Fsp3) is 0.500. The van der Waals surface area contributed by atoms with Crippen molar-refractivity contribution in [3.63, 3.8) is 0 Å². The number of ether oxygens (including phenoxy) is 2. The second kappa shape index (κ2) is 8.63. The van der Waals surface area contributed by atoms with E-state index in [-0.39, 0.29) is 26.2 Å². The number of hydrogen-bond donors (Lipinski definition) is 3. The molecule has 3 rings (SSSR count). The number of carbonyl (C=O) groups is 3. The molecule has 174 valence electrons. The van der Waals surface area contributed by atoms with Crippen LogP contribution in [0.5, 0.6) is 5.75 Å². The van der Waals surface area contributed by atoms with Gasteiger partial charge in [0.1, 0.15) is 23.4 Å². The van der Waals surface area contributed by atoms with Crippen LogP contribution in [0.3, 0.4) is 0 Å². The number of rotatable bonds is 8. The number of aromatic nitrogens is 2. The number of nitrogens with zero attached hydrogens (tertiary/aromatic N) is 3. The van der Waals surface area contributed by atoms with Gasteiger partial charge in [-0.2, -0.15) is 5.10 Å². The lowest BCUT2D eigenvalue weighted by molar-refractivity contribution is -0.171. The van der Waals surface area contributed by atoms with Crippen LogP contribution < -0.4 is 16.4 Å². The molecule has 32 heavy (non-hydrogen) atoms. The molecule has 0 saturated carbocycles. The zero-order valence-corrected chi connectivity index (χ0v) is 18.1. The monoisotopic (exact) mass is 449 g/mol. The van der Waals surface area contributed by atoms with Crippen LogP contribution >= 0.6 is 0 Å². The van der Waals surface area contributed by atoms with Gasteiger partial charge in [0.25, 0.3) is 0 Å². The average Bonchev–Trinajstić information content (AvgIpc) is 3.04. The van der Waals surface area contributed by atoms with Gasteiger partial charge in [0.15, 0.2) is 0 Å². The summed E-state index contributed by atoms with van der Waals surface area (Å²) in [6.07, 6.45) is -0.486. The van der Waals surface area contributed by atoms with Crippen molar-refractivity contribution in [3.8, 4) is 5.75 Å². The topological polar surface area (TPSA) is 172 Å². The van der Waals surface area contributed by atoms with Crippen molar-refractivity contribution in [3.05, 3.63) is 24.4 Å². The Kier molecular flexibility index (Phi) is 6.28. The van der Waals surface area contributed by atoms with E-state index in [1.54, 1.807) is 49.8 Å². The molecule has 1 aromatic heterocycles. The number of esters is 1. The van der Waals surface area contributed by atoms with E-state index in [9.17, 15) is 14.4 Å². The maximum atomic E-state index is 12.1. The van der Waals surface area contributed by atoms with E-state index in [2.05, 4.69) is 9.94 Å². The number of hydrogen-bond acceptors (Lipinski definition) is 8. The summed E-state index contributed by atoms with van der Waals surface area (Å²) in [6.45, 7) is 5.24. The molecule has 2 aromatic rings. The summed E-state index contributed by atoms with van der Waals surface area (Å²) >= 11 is 0. The molecule has 1 atom stereocenters. The van der Waals surface area contributed by atoms with Crippen LogP contribution in [0, 0.1) is 5.41 Å². The number of amides is 2. The van der Waals surface area contributed by atoms with Crippen LogP contribution in [0.2, 0.25) is 0 Å². The number of carbonyl (C=O) groups excluding carboxylic acids is 2. The van der Waals surface area contributed by atoms with Crippen LogP contribution in [-0.4, -0.2) is 69.2 Å². The minimum atomic E-state index is -1.10. The highest BCUT2D eigenvalue weighted by atomic mass is 16.7. The van der Waals surface area contributed by atoms with Gasteiger partial charge in [0.2, 0.25) is 12.0 Å². The highest BCUT2D eigenvalue weighted by molar-refractivity contribution is 5.85. The van der Waals surface area contributed by atoms with Gasteiger partial charge in [-0.15, -0.1) is 0 Å². The molecule has 2 amide bonds. The van der Waals surface area contributed by atoms with E-state index >= 15 is 0 Å². The van der Waals surface area contributed by atoms with Crippen LogP contribution in [0.25, 0.3) is 10.9 Å². The molecule has 12 heteroatoms. The molecule has 1 aliphatic rings. The van der Waals surface area contributed by atoms with Crippen molar-refractivity contribution in [2.24, 2.45) is 17.0 Å². The van der Waals surface area contributed by atoms with E-state index in [0.29, 0.717) is 11.3 Å². The molecule has 0 bridgehead atoms. The summed E-state index contributed by atoms with van der Waals surface area (Å²) < 4.78 is 12.4. The van der Waals surface area contributed by atoms with Crippen molar-refractivity contribution < 1.29 is 33.8 Å². The minimum Gasteiger partial charge on any atom is -0.490 e. The summed E-state index contributed by atoms with van der Waals surface area (Å²) in [6, 6.07) is 5.10. The van der Waals surface area contributed by atoms with Crippen molar-refractivity contribution in [2.45, 2.75) is 39.0 Å². The Balaban J connectivity index is 1.68. The van der Waals surface area contributed by atoms with Gasteiger partial charge >= 0.3 is 12.1 Å². The molecule has 1 unspecified atom stereocenters. The zero-order chi connectivity index (χ0) is 23.7. The number of likely N-dealkylation sites (tertiary alicyclic amines) is 1. The van der Waals surface area contributed by atoms with Crippen LogP contribution in [0.4, 0.5) is 4.79 Å². The van der Waals surface area contributed by atoms with E-state index in [0.717, 1.165) is 10.3 Å². The summed E-state index contributed by atoms with van der Waals surface area (Å²) in [5, 5.41) is 14.2. The largest absolute Gasteiger partial charge is 0.490 e. The summed E-state index contributed by atoms with van der Waals surface area (Å²) in [5.74, 6) is 4.45. The van der Waals surface area contributed by atoms with Crippen molar-refractivity contribution >= 4 is 28.9 Å². The normalized spacial score (nSPS) is 16.3. The minimum absolute atomic E-state index is 0.0212. The Labute approximate surface area is 183 Å². The lowest BCUT2D eigenvalue weighted by Gasteiger charge is -2.46. The Hall–Kier alpha value is -3.38. The number of primary amides is 1. The molecule has 2 heterocycles. The molecule has 0 spiro atoms. The van der Waals surface area contributed by atoms with Gasteiger partial charge in [0, 0.05) is 24.7 Å². The molecule has 1 aromatic carbocycles. The van der Waals surface area contributed by atoms with Gasteiger partial charge in [-0.3, -0.25) is 14.3 Å². The third-order valence-electron chi connectivity index (χ3n) is 5.00. The molecule has 0 aliphatic carbocycles. The standard InChI is InChI=1S/C20H27N5O7/c1-19(2,3)31-16(26)15(32-22)8-30-13-4-5-14-12(6-13)7-25(23-14)11-20(17(21)27)9-24(10-20)18(28)29/h4-7,15H,8-11,22H2,1-3H3,(H2,21,27)(H,28,29). The lowest BCUT2D eigenvalue weighted by atomic mass is 9.79. The molecule has 5 N–H and O–H groups in total. The Morgan fingerprint density at radius 2 is 1.97 bits per heavy atom. The molecule has 0 radical (unpaired) electrons. The third kappa shape index (κ3) is 5.08. The third-order valence-corrected chi connectivity index (χ3v) is 5.00. The van der Waals surface area contributed by atoms with Crippen LogP contribution in [0.1, 0.15) is 20.8 Å². The summed E-state index contributed by atoms with van der Waals surface area (Å²) in [5.41, 5.74) is 4.48. The fourth-order valence-corrected chi connectivity index (χ4v) is 3.39. The van der Waals surface area contributed by atoms with Gasteiger partial charge in [0.05, 0.1) is 12.1 Å². The van der Waals surface area contributed by atoms with Crippen molar-refractivity contribution in [2.75, 3.05) is 19.7 Å². The Morgan fingerprint density at radius 3 is 2.53 bits per heavy atom. The SMILES string of the molecule is CC(C)(C)OC(=O)C(COc1ccc2nn(CC3(C(N)=O)CN(C(=O)O)C3)cc2c1)ON. The van der Waals surface area contributed by atoms with E-state index < -0.39 is 35.1 Å². The Morgan fingerprint density at radius 1 is 1.28 bits per heavy atom. The van der Waals surface area contributed by atoms with Gasteiger partial charge in [-0.25, -0.2) is 15.5 Å². The predicted octanol–water partition coefficient (Wildman–Crippen LogP) is 0.481. The highest BCUT2D eigenvalue weighted by Crippen LogP contribution is 2.32. The summed E-state index contributed by atoms with van der Waals surface area (Å²) in [7, 11) is 0. The first-order chi connectivity index (χ1) is 14.9. The lowest BCUT2D eigenvalue weighted by Crippen LogP contribution is -2.65. The van der Waals surface area contributed by atoms with Crippen LogP contribution in [-0.2, 0) is 25.7 Å². The van der Waals surface area contributed by atoms with Crippen molar-refractivity contribution in [1.29, 1.82) is 0 Å². The zero-order valence-electron chi connectivity index (χ0n) is 18.1. The van der Waals surface area contributed by atoms with E-state index in [1.165, 1.54) is 0 Å². The second-order valence-electron chi connectivity index (χ2n) is 8.80. The number of carboxylic acid groups (broad SMARTS) is 1. The average molecular weight is 449 g/mol. The number of nitrogens with two attached hydrogens (primary N) is 2. The van der Waals surface area contributed by atoms with E-state index in [4.69, 9.17) is 26.2 Å². The first-order valence-electron chi connectivity index (χ1n) is 9.89. The predicted molar refractivity (Wildman–Crippen MR) is 111 cm³/mol. The van der Waals surface area contributed by atoms with Gasteiger partial charge in [-0.1, -0.05) is 0 Å². The van der Waals surface area contributed by atoms with Gasteiger partial charge < -0.3 is 25.2 Å². The smallest absolute Gasteiger partial charge is 0.407 e. The molecule has 1 saturated heterocycles. The summed E-state index contributed by atoms with van der Waals surface area (Å²) in [4.78, 5) is 40.9. The maximum absolute atomic E-state index is 12.1. The molecule has 12 nitrogen and oxygen atoms in total. The number of fused-ring (bicyclic) bond motifs is 1. The van der Waals surface area contributed by atoms with Gasteiger partial charge in [-0.05, 0) is 39.0 Å². The first-order valence-corrected chi connectivity index (χ1v) is 9.89. The molecular weight excluding hydrogens is 422 g/mol. The fourth-order valence-electron chi connectivity index (χ4n) is 3.39. The van der Waals surface area contributed by atoms with Crippen LogP contribution in [0.15, 0.2) is 24.4 Å². The number of benzene rings is 1. The Bertz CT molecular complexity index is 1020. The second-order valence-corrected chi connectivity index (χ2v) is 8.80. The maximum Gasteiger partial charge on any atom is 0.407 e. The molecule has 1 fully saturated rings. The first kappa shape index (κ1) is 23.3. The van der Waals surface area contributed by atoms with E-state index in [1.807, 2.05) is 0 Å². The van der Waals surface area contributed by atoms with Crippen molar-refractivity contribution in [1.82, 2.24) is 14.7 Å². The highest BCUT2D eigenvalue weighted by Gasteiger charge is 2.50. The quantitative estimate of drug-likeness (QED) is 0.383. The molecular formula is C20H27N5O7.